The van der Waals surface area contributed by atoms with Gasteiger partial charge in [0.25, 0.3) is 15.9 Å². The Morgan fingerprint density at radius 3 is 2.38 bits per heavy atom. The van der Waals surface area contributed by atoms with Crippen molar-refractivity contribution in [3.63, 3.8) is 0 Å². The first-order chi connectivity index (χ1) is 15.2. The van der Waals surface area contributed by atoms with Crippen molar-refractivity contribution in [2.75, 3.05) is 11.8 Å². The average Bonchev–Trinajstić information content (AvgIpc) is 2.79. The third kappa shape index (κ3) is 5.26. The molecule has 0 aliphatic heterocycles. The topological polar surface area (TPSA) is 84.5 Å². The third-order valence-corrected chi connectivity index (χ3v) is 6.45. The van der Waals surface area contributed by atoms with Crippen LogP contribution in [0.2, 0.25) is 0 Å². The zero-order valence-corrected chi connectivity index (χ0v) is 18.9. The van der Waals surface area contributed by atoms with Crippen LogP contribution in [0.1, 0.15) is 41.4 Å². The minimum absolute atomic E-state index is 0.0985. The minimum atomic E-state index is -4.03. The smallest absolute Gasteiger partial charge is 0.265 e. The van der Waals surface area contributed by atoms with E-state index in [1.165, 1.54) is 31.4 Å². The molecule has 0 saturated carbocycles. The number of sulfonamides is 1. The second-order valence-corrected chi connectivity index (χ2v) is 8.89. The molecule has 0 fully saturated rings. The molecule has 168 valence electrons. The number of nitrogens with one attached hydrogen (secondary N) is 2. The molecular weight excluding hydrogens is 431 g/mol. The predicted molar refractivity (Wildman–Crippen MR) is 122 cm³/mol. The maximum atomic E-state index is 14.0. The van der Waals surface area contributed by atoms with Crippen LogP contribution in [0.25, 0.3) is 0 Å². The first kappa shape index (κ1) is 23.3. The molecule has 0 saturated heterocycles. The van der Waals surface area contributed by atoms with E-state index in [9.17, 15) is 17.6 Å². The number of hydrogen-bond acceptors (Lipinski definition) is 4. The van der Waals surface area contributed by atoms with Crippen LogP contribution in [0, 0.1) is 5.82 Å². The number of carbonyl (C=O) groups excluding carboxylic acids is 1. The summed E-state index contributed by atoms with van der Waals surface area (Å²) in [6.07, 6.45) is 0.837. The van der Waals surface area contributed by atoms with Gasteiger partial charge in [0, 0.05) is 16.8 Å². The Morgan fingerprint density at radius 1 is 1.06 bits per heavy atom. The predicted octanol–water partition coefficient (Wildman–Crippen LogP) is 4.69. The fraction of sp³-hybridized carbons (Fsp3) is 0.208. The number of halogens is 1. The van der Waals surface area contributed by atoms with Crippen LogP contribution in [0.3, 0.4) is 0 Å². The molecule has 1 amide bonds. The number of anilines is 1. The molecule has 3 aromatic carbocycles. The molecule has 0 heterocycles. The van der Waals surface area contributed by atoms with Gasteiger partial charge in [0.15, 0.2) is 0 Å². The fourth-order valence-corrected chi connectivity index (χ4v) is 4.49. The Bertz CT molecular complexity index is 1210. The highest BCUT2D eigenvalue weighted by atomic mass is 32.2. The van der Waals surface area contributed by atoms with E-state index in [-0.39, 0.29) is 16.2 Å². The Morgan fingerprint density at radius 2 is 1.75 bits per heavy atom. The van der Waals surface area contributed by atoms with Gasteiger partial charge in [-0.25, -0.2) is 12.8 Å². The van der Waals surface area contributed by atoms with E-state index < -0.39 is 27.8 Å². The normalized spacial score (nSPS) is 12.1. The van der Waals surface area contributed by atoms with Crippen LogP contribution < -0.4 is 14.8 Å². The lowest BCUT2D eigenvalue weighted by molar-refractivity contribution is 0.0939. The van der Waals surface area contributed by atoms with Crippen molar-refractivity contribution in [3.05, 3.63) is 89.2 Å². The monoisotopic (exact) mass is 456 g/mol. The summed E-state index contributed by atoms with van der Waals surface area (Å²) in [5.74, 6) is -0.870. The van der Waals surface area contributed by atoms with Crippen molar-refractivity contribution in [1.82, 2.24) is 5.32 Å². The van der Waals surface area contributed by atoms with E-state index in [0.717, 1.165) is 12.0 Å². The summed E-state index contributed by atoms with van der Waals surface area (Å²) < 4.78 is 47.8. The molecule has 0 bridgehead atoms. The average molecular weight is 457 g/mol. The number of benzene rings is 3. The Hall–Kier alpha value is -3.39. The fourth-order valence-electron chi connectivity index (χ4n) is 3.23. The summed E-state index contributed by atoms with van der Waals surface area (Å²) in [6.45, 7) is 3.66. The number of rotatable bonds is 8. The highest BCUT2D eigenvalue weighted by Crippen LogP contribution is 2.28. The molecule has 3 rings (SSSR count). The Kier molecular flexibility index (Phi) is 7.15. The maximum absolute atomic E-state index is 14.0. The van der Waals surface area contributed by atoms with Gasteiger partial charge in [-0.3, -0.25) is 9.52 Å². The third-order valence-electron chi connectivity index (χ3n) is 5.05. The second-order valence-electron chi connectivity index (χ2n) is 7.24. The first-order valence-electron chi connectivity index (χ1n) is 10.1. The van der Waals surface area contributed by atoms with E-state index in [1.54, 1.807) is 37.3 Å². The second kappa shape index (κ2) is 9.82. The van der Waals surface area contributed by atoms with Gasteiger partial charge >= 0.3 is 0 Å². The minimum Gasteiger partial charge on any atom is -0.495 e. The zero-order chi connectivity index (χ0) is 23.3. The summed E-state index contributed by atoms with van der Waals surface area (Å²) in [4.78, 5) is 12.6. The highest BCUT2D eigenvalue weighted by molar-refractivity contribution is 7.92. The van der Waals surface area contributed by atoms with E-state index in [2.05, 4.69) is 10.0 Å². The van der Waals surface area contributed by atoms with E-state index in [4.69, 9.17) is 4.74 Å². The van der Waals surface area contributed by atoms with Crippen LogP contribution in [-0.2, 0) is 16.4 Å². The van der Waals surface area contributed by atoms with Crippen molar-refractivity contribution in [3.8, 4) is 5.75 Å². The molecule has 2 N–H and O–H groups in total. The summed E-state index contributed by atoms with van der Waals surface area (Å²) >= 11 is 0. The van der Waals surface area contributed by atoms with Crippen LogP contribution >= 0.6 is 0 Å². The number of methoxy groups -OCH3 is 1. The number of amides is 1. The Labute approximate surface area is 187 Å². The molecule has 1 unspecified atom stereocenters. The van der Waals surface area contributed by atoms with Gasteiger partial charge in [-0.05, 0) is 55.3 Å². The van der Waals surface area contributed by atoms with Gasteiger partial charge < -0.3 is 10.1 Å². The maximum Gasteiger partial charge on any atom is 0.265 e. The molecular formula is C24H25FN2O4S. The van der Waals surface area contributed by atoms with Crippen molar-refractivity contribution in [2.24, 2.45) is 0 Å². The van der Waals surface area contributed by atoms with Gasteiger partial charge in [-0.2, -0.15) is 0 Å². The number of ether oxygens (including phenoxy) is 1. The summed E-state index contributed by atoms with van der Waals surface area (Å²) in [5, 5.41) is 2.70. The molecule has 0 aliphatic carbocycles. The molecule has 8 heteroatoms. The molecule has 0 radical (unpaired) electrons. The number of carbonyl (C=O) groups is 1. The van der Waals surface area contributed by atoms with Gasteiger partial charge in [0.05, 0.1) is 13.2 Å². The van der Waals surface area contributed by atoms with Crippen molar-refractivity contribution in [1.29, 1.82) is 0 Å². The van der Waals surface area contributed by atoms with Crippen molar-refractivity contribution < 1.29 is 22.3 Å². The van der Waals surface area contributed by atoms with Gasteiger partial charge in [0.1, 0.15) is 16.5 Å². The lowest BCUT2D eigenvalue weighted by Gasteiger charge is -2.16. The highest BCUT2D eigenvalue weighted by Gasteiger charge is 2.23. The number of aryl methyl sites for hydroxylation is 1. The summed E-state index contributed by atoms with van der Waals surface area (Å²) in [5.41, 5.74) is 1.91. The molecule has 0 aliphatic rings. The summed E-state index contributed by atoms with van der Waals surface area (Å²) in [6, 6.07) is 16.7. The first-order valence-corrected chi connectivity index (χ1v) is 11.6. The quantitative estimate of drug-likeness (QED) is 0.515. The van der Waals surface area contributed by atoms with E-state index in [0.29, 0.717) is 11.3 Å². The van der Waals surface area contributed by atoms with Gasteiger partial charge in [0.2, 0.25) is 0 Å². The van der Waals surface area contributed by atoms with Crippen molar-refractivity contribution in [2.45, 2.75) is 31.2 Å². The standard InChI is InChI=1S/C24H25FN2O4S/c1-4-17-9-12-19(13-10-17)27-32(29,30)23-15-18(11-14-22(23)31-3)24(28)26-16(2)20-7-5-6-8-21(20)25/h5-16,27H,4H2,1-3H3,(H,26,28). The zero-order valence-electron chi connectivity index (χ0n) is 18.1. The molecule has 0 spiro atoms. The van der Waals surface area contributed by atoms with E-state index >= 15 is 0 Å². The van der Waals surface area contributed by atoms with Crippen LogP contribution in [-0.4, -0.2) is 21.4 Å². The molecule has 3 aromatic rings. The molecule has 1 atom stereocenters. The lowest BCUT2D eigenvalue weighted by atomic mass is 10.1. The van der Waals surface area contributed by atoms with E-state index in [1.807, 2.05) is 19.1 Å². The molecule has 0 aromatic heterocycles. The van der Waals surface area contributed by atoms with Crippen LogP contribution in [0.4, 0.5) is 10.1 Å². The number of hydrogen-bond donors (Lipinski definition) is 2. The summed E-state index contributed by atoms with van der Waals surface area (Å²) in [7, 11) is -2.68. The van der Waals surface area contributed by atoms with Gasteiger partial charge in [-0.1, -0.05) is 37.3 Å². The van der Waals surface area contributed by atoms with Crippen molar-refractivity contribution >= 4 is 21.6 Å². The lowest BCUT2D eigenvalue weighted by Crippen LogP contribution is -2.27. The van der Waals surface area contributed by atoms with Crippen LogP contribution in [0.5, 0.6) is 5.75 Å². The Balaban J connectivity index is 1.87. The van der Waals surface area contributed by atoms with Gasteiger partial charge in [-0.15, -0.1) is 0 Å². The SMILES string of the molecule is CCc1ccc(NS(=O)(=O)c2cc(C(=O)NC(C)c3ccccc3F)ccc2OC)cc1. The molecule has 32 heavy (non-hydrogen) atoms. The largest absolute Gasteiger partial charge is 0.495 e. The van der Waals surface area contributed by atoms with Crippen LogP contribution in [0.15, 0.2) is 71.6 Å². The molecule has 6 nitrogen and oxygen atoms in total.